The lowest BCUT2D eigenvalue weighted by atomic mass is 9.88. The maximum atomic E-state index is 9.60. The van der Waals surface area contributed by atoms with E-state index in [-0.39, 0.29) is 0 Å². The van der Waals surface area contributed by atoms with E-state index in [1.807, 2.05) is 0 Å². The monoisotopic (exact) mass is 328 g/mol. The lowest BCUT2D eigenvalue weighted by Crippen LogP contribution is -2.16. The third-order valence-electron chi connectivity index (χ3n) is 5.11. The topological polar surface area (TPSA) is 40.5 Å². The molecule has 2 atom stereocenters. The molecule has 23 heavy (non-hydrogen) atoms. The van der Waals surface area contributed by atoms with Crippen molar-refractivity contribution in [1.82, 2.24) is 0 Å². The molecule has 0 amide bonds. The zero-order valence-electron chi connectivity index (χ0n) is 16.1. The van der Waals surface area contributed by atoms with E-state index in [0.717, 1.165) is 19.3 Å². The average molecular weight is 329 g/mol. The van der Waals surface area contributed by atoms with Crippen LogP contribution in [0.1, 0.15) is 110 Å². The Kier molecular flexibility index (Phi) is 18.2. The lowest BCUT2D eigenvalue weighted by molar-refractivity contribution is 0.147. The minimum Gasteiger partial charge on any atom is -0.396 e. The summed E-state index contributed by atoms with van der Waals surface area (Å²) < 4.78 is 0. The summed E-state index contributed by atoms with van der Waals surface area (Å²) in [6.45, 7) is 5.09. The fourth-order valence-corrected chi connectivity index (χ4v) is 3.47. The highest BCUT2D eigenvalue weighted by atomic mass is 16.3. The minimum atomic E-state index is 0.294. The number of aliphatic hydroxyl groups excluding tert-OH is 2. The van der Waals surface area contributed by atoms with Crippen LogP contribution in [-0.2, 0) is 0 Å². The molecule has 0 rings (SSSR count). The second kappa shape index (κ2) is 18.3. The van der Waals surface area contributed by atoms with Gasteiger partial charge in [0.1, 0.15) is 0 Å². The Labute approximate surface area is 146 Å². The predicted molar refractivity (Wildman–Crippen MR) is 102 cm³/mol. The van der Waals surface area contributed by atoms with E-state index >= 15 is 0 Å². The second-order valence-electron chi connectivity index (χ2n) is 7.45. The summed E-state index contributed by atoms with van der Waals surface area (Å²) in [6, 6.07) is 0. The van der Waals surface area contributed by atoms with Crippen LogP contribution < -0.4 is 0 Å². The Morgan fingerprint density at radius 1 is 0.522 bits per heavy atom. The van der Waals surface area contributed by atoms with Gasteiger partial charge < -0.3 is 10.2 Å². The van der Waals surface area contributed by atoms with Gasteiger partial charge in [-0.1, -0.05) is 90.9 Å². The first-order chi connectivity index (χ1) is 11.3. The van der Waals surface area contributed by atoms with Gasteiger partial charge in [0.05, 0.1) is 0 Å². The maximum Gasteiger partial charge on any atom is 0.0459 e. The van der Waals surface area contributed by atoms with Crippen molar-refractivity contribution in [3.63, 3.8) is 0 Å². The van der Waals surface area contributed by atoms with Crippen LogP contribution in [0.5, 0.6) is 0 Å². The van der Waals surface area contributed by atoms with Crippen molar-refractivity contribution in [3.8, 4) is 0 Å². The summed E-state index contributed by atoms with van der Waals surface area (Å²) in [5.41, 5.74) is 0. The Balaban J connectivity index is 3.70. The molecule has 0 heterocycles. The van der Waals surface area contributed by atoms with Crippen LogP contribution in [-0.4, -0.2) is 23.4 Å². The summed E-state index contributed by atoms with van der Waals surface area (Å²) in [6.07, 6.45) is 19.1. The Hall–Kier alpha value is -0.0800. The molecule has 0 aliphatic heterocycles. The van der Waals surface area contributed by atoms with Crippen molar-refractivity contribution in [2.45, 2.75) is 110 Å². The van der Waals surface area contributed by atoms with Gasteiger partial charge >= 0.3 is 0 Å². The number of unbranched alkanes of at least 4 members (excludes halogenated alkanes) is 10. The predicted octanol–water partition coefficient (Wildman–Crippen LogP) is 6.09. The van der Waals surface area contributed by atoms with Crippen LogP contribution in [0.3, 0.4) is 0 Å². The summed E-state index contributed by atoms with van der Waals surface area (Å²) in [5, 5.41) is 19.2. The van der Waals surface area contributed by atoms with Crippen LogP contribution in [0, 0.1) is 11.8 Å². The molecule has 0 saturated heterocycles. The molecule has 2 N–H and O–H groups in total. The van der Waals surface area contributed by atoms with E-state index in [4.69, 9.17) is 0 Å². The fourth-order valence-electron chi connectivity index (χ4n) is 3.47. The van der Waals surface area contributed by atoms with Gasteiger partial charge in [0.25, 0.3) is 0 Å². The lowest BCUT2D eigenvalue weighted by Gasteiger charge is -2.20. The van der Waals surface area contributed by atoms with Crippen molar-refractivity contribution in [2.75, 3.05) is 13.2 Å². The number of hydrogen-bond donors (Lipinski definition) is 2. The standard InChI is InChI=1S/C21H44O2/c1-3-5-7-9-11-13-15-20(18-22)17-21(19-23)16-14-12-10-8-6-4-2/h20-23H,3-19H2,1-2H3. The van der Waals surface area contributed by atoms with Gasteiger partial charge in [-0.25, -0.2) is 0 Å². The summed E-state index contributed by atoms with van der Waals surface area (Å²) >= 11 is 0. The largest absolute Gasteiger partial charge is 0.396 e. The Morgan fingerprint density at radius 3 is 1.22 bits per heavy atom. The van der Waals surface area contributed by atoms with Gasteiger partial charge in [0.15, 0.2) is 0 Å². The molecule has 0 aliphatic rings. The third-order valence-corrected chi connectivity index (χ3v) is 5.11. The third kappa shape index (κ3) is 15.2. The fraction of sp³-hybridized carbons (Fsp3) is 1.00. The second-order valence-corrected chi connectivity index (χ2v) is 7.45. The van der Waals surface area contributed by atoms with Crippen molar-refractivity contribution in [1.29, 1.82) is 0 Å². The zero-order valence-corrected chi connectivity index (χ0v) is 16.1. The zero-order chi connectivity index (χ0) is 17.2. The molecule has 0 aromatic rings. The smallest absolute Gasteiger partial charge is 0.0459 e. The van der Waals surface area contributed by atoms with Crippen LogP contribution in [0.2, 0.25) is 0 Å². The highest BCUT2D eigenvalue weighted by molar-refractivity contribution is 4.66. The number of rotatable bonds is 18. The van der Waals surface area contributed by atoms with Crippen LogP contribution in [0.25, 0.3) is 0 Å². The first kappa shape index (κ1) is 22.9. The molecule has 0 saturated carbocycles. The normalized spacial score (nSPS) is 14.1. The molecule has 2 nitrogen and oxygen atoms in total. The SMILES string of the molecule is CCCCCCCCC(CO)CC(CO)CCCCCCCC. The highest BCUT2D eigenvalue weighted by Crippen LogP contribution is 2.23. The molecule has 0 bridgehead atoms. The van der Waals surface area contributed by atoms with Crippen LogP contribution >= 0.6 is 0 Å². The Morgan fingerprint density at radius 2 is 0.870 bits per heavy atom. The first-order valence-corrected chi connectivity index (χ1v) is 10.5. The van der Waals surface area contributed by atoms with Crippen molar-refractivity contribution in [3.05, 3.63) is 0 Å². The number of aliphatic hydroxyl groups is 2. The molecule has 0 spiro atoms. The molecule has 0 aliphatic carbocycles. The summed E-state index contributed by atoms with van der Waals surface area (Å²) in [4.78, 5) is 0. The van der Waals surface area contributed by atoms with E-state index in [0.29, 0.717) is 25.0 Å². The van der Waals surface area contributed by atoms with Crippen molar-refractivity contribution >= 4 is 0 Å². The average Bonchev–Trinajstić information content (AvgIpc) is 2.58. The molecule has 0 radical (unpaired) electrons. The molecular weight excluding hydrogens is 284 g/mol. The van der Waals surface area contributed by atoms with Gasteiger partial charge in [-0.05, 0) is 31.1 Å². The number of hydrogen-bond acceptors (Lipinski definition) is 2. The molecule has 140 valence electrons. The molecule has 0 aromatic heterocycles. The summed E-state index contributed by atoms with van der Waals surface area (Å²) in [5.74, 6) is 0.803. The first-order valence-electron chi connectivity index (χ1n) is 10.5. The Bertz CT molecular complexity index is 196. The van der Waals surface area contributed by atoms with Gasteiger partial charge in [-0.3, -0.25) is 0 Å². The van der Waals surface area contributed by atoms with E-state index in [9.17, 15) is 10.2 Å². The van der Waals surface area contributed by atoms with E-state index in [2.05, 4.69) is 13.8 Å². The van der Waals surface area contributed by atoms with Crippen LogP contribution in [0.15, 0.2) is 0 Å². The van der Waals surface area contributed by atoms with Gasteiger partial charge in [0, 0.05) is 13.2 Å². The molecule has 0 fully saturated rings. The minimum absolute atomic E-state index is 0.294. The molecule has 0 aromatic carbocycles. The van der Waals surface area contributed by atoms with E-state index < -0.39 is 0 Å². The molecule has 2 heteroatoms. The van der Waals surface area contributed by atoms with Gasteiger partial charge in [-0.2, -0.15) is 0 Å². The van der Waals surface area contributed by atoms with Crippen molar-refractivity contribution < 1.29 is 10.2 Å². The quantitative estimate of drug-likeness (QED) is 0.299. The molecular formula is C21H44O2. The van der Waals surface area contributed by atoms with Gasteiger partial charge in [0.2, 0.25) is 0 Å². The maximum absolute atomic E-state index is 9.60. The molecule has 2 unspecified atom stereocenters. The van der Waals surface area contributed by atoms with E-state index in [1.165, 1.54) is 77.0 Å². The van der Waals surface area contributed by atoms with Crippen molar-refractivity contribution in [2.24, 2.45) is 11.8 Å². The van der Waals surface area contributed by atoms with Gasteiger partial charge in [-0.15, -0.1) is 0 Å². The van der Waals surface area contributed by atoms with E-state index in [1.54, 1.807) is 0 Å². The van der Waals surface area contributed by atoms with Crippen LogP contribution in [0.4, 0.5) is 0 Å². The summed E-state index contributed by atoms with van der Waals surface area (Å²) in [7, 11) is 0. The highest BCUT2D eigenvalue weighted by Gasteiger charge is 2.15.